The van der Waals surface area contributed by atoms with Crippen LogP contribution in [-0.4, -0.2) is 18.3 Å². The fraction of sp³-hybridized carbons (Fsp3) is 0.455. The maximum atomic E-state index is 9.61. The number of nitrogens with one attached hydrogen (secondary N) is 1. The van der Waals surface area contributed by atoms with Gasteiger partial charge in [0, 0.05) is 12.6 Å². The number of methoxy groups -OCH3 is 1. The number of aromatic hydroxyl groups is 1. The quantitative estimate of drug-likeness (QED) is 0.898. The molecule has 16 heavy (non-hydrogen) atoms. The fourth-order valence-electron chi connectivity index (χ4n) is 1.21. The van der Waals surface area contributed by atoms with Crippen molar-refractivity contribution in [2.45, 2.75) is 26.4 Å². The Morgan fingerprint density at radius 3 is 2.56 bits per heavy atom. The first-order valence-corrected chi connectivity index (χ1v) is 5.62. The van der Waals surface area contributed by atoms with Gasteiger partial charge in [-0.1, -0.05) is 13.8 Å². The Kier molecular flexibility index (Phi) is 6.79. The highest BCUT2D eigenvalue weighted by Crippen LogP contribution is 2.35. The molecule has 1 rings (SSSR count). The molecule has 3 nitrogen and oxygen atoms in total. The molecule has 0 heterocycles. The molecule has 0 saturated carbocycles. The molecule has 0 amide bonds. The molecule has 0 spiro atoms. The van der Waals surface area contributed by atoms with Crippen molar-refractivity contribution >= 4 is 28.3 Å². The molecule has 0 saturated heterocycles. The summed E-state index contributed by atoms with van der Waals surface area (Å²) < 4.78 is 5.72. The van der Waals surface area contributed by atoms with E-state index in [1.807, 2.05) is 12.1 Å². The fourth-order valence-corrected chi connectivity index (χ4v) is 1.70. The van der Waals surface area contributed by atoms with Gasteiger partial charge < -0.3 is 15.2 Å². The number of ether oxygens (including phenoxy) is 1. The average Bonchev–Trinajstić information content (AvgIpc) is 2.19. The molecule has 5 heteroatoms. The van der Waals surface area contributed by atoms with Crippen molar-refractivity contribution in [3.8, 4) is 11.5 Å². The van der Waals surface area contributed by atoms with E-state index in [-0.39, 0.29) is 18.2 Å². The zero-order chi connectivity index (χ0) is 11.4. The average molecular weight is 311 g/mol. The van der Waals surface area contributed by atoms with Crippen molar-refractivity contribution in [1.29, 1.82) is 0 Å². The molecule has 0 radical (unpaired) electrons. The minimum absolute atomic E-state index is 0. The minimum atomic E-state index is 0. The van der Waals surface area contributed by atoms with Gasteiger partial charge in [0.15, 0.2) is 11.5 Å². The number of hydrogen-bond acceptors (Lipinski definition) is 3. The van der Waals surface area contributed by atoms with Gasteiger partial charge in [-0.25, -0.2) is 0 Å². The Labute approximate surface area is 111 Å². The maximum absolute atomic E-state index is 9.61. The molecule has 0 atom stereocenters. The summed E-state index contributed by atoms with van der Waals surface area (Å²) in [5.41, 5.74) is 1.07. The normalized spacial score (nSPS) is 10.1. The van der Waals surface area contributed by atoms with Crippen LogP contribution in [0.5, 0.6) is 11.5 Å². The third kappa shape index (κ3) is 4.20. The highest BCUT2D eigenvalue weighted by Gasteiger charge is 2.08. The predicted molar refractivity (Wildman–Crippen MR) is 71.6 cm³/mol. The van der Waals surface area contributed by atoms with E-state index in [0.29, 0.717) is 16.3 Å². The van der Waals surface area contributed by atoms with E-state index >= 15 is 0 Å². The molecule has 1 aromatic carbocycles. The van der Waals surface area contributed by atoms with Crippen LogP contribution in [-0.2, 0) is 6.54 Å². The molecule has 0 aliphatic carbocycles. The smallest absolute Gasteiger partial charge is 0.172 e. The van der Waals surface area contributed by atoms with Gasteiger partial charge in [0.25, 0.3) is 0 Å². The van der Waals surface area contributed by atoms with Gasteiger partial charge in [-0.15, -0.1) is 12.4 Å². The van der Waals surface area contributed by atoms with Crippen LogP contribution in [0, 0.1) is 0 Å². The minimum Gasteiger partial charge on any atom is -0.503 e. The molecule has 92 valence electrons. The van der Waals surface area contributed by atoms with Gasteiger partial charge in [0.1, 0.15) is 0 Å². The van der Waals surface area contributed by atoms with E-state index < -0.39 is 0 Å². The second-order valence-electron chi connectivity index (χ2n) is 3.66. The number of rotatable bonds is 4. The topological polar surface area (TPSA) is 41.5 Å². The van der Waals surface area contributed by atoms with Crippen LogP contribution in [0.1, 0.15) is 19.4 Å². The van der Waals surface area contributed by atoms with Crippen LogP contribution in [0.2, 0.25) is 0 Å². The zero-order valence-corrected chi connectivity index (χ0v) is 12.0. The van der Waals surface area contributed by atoms with Crippen LogP contribution < -0.4 is 10.1 Å². The Hall–Kier alpha value is -0.450. The lowest BCUT2D eigenvalue weighted by molar-refractivity contribution is 0.371. The molecule has 0 unspecified atom stereocenters. The number of hydrogen-bond donors (Lipinski definition) is 2. The summed E-state index contributed by atoms with van der Waals surface area (Å²) in [4.78, 5) is 0. The summed E-state index contributed by atoms with van der Waals surface area (Å²) in [7, 11) is 1.54. The highest BCUT2D eigenvalue weighted by atomic mass is 79.9. The van der Waals surface area contributed by atoms with Gasteiger partial charge in [-0.2, -0.15) is 0 Å². The largest absolute Gasteiger partial charge is 0.503 e. The van der Waals surface area contributed by atoms with Crippen molar-refractivity contribution in [1.82, 2.24) is 5.32 Å². The Morgan fingerprint density at radius 1 is 1.44 bits per heavy atom. The van der Waals surface area contributed by atoms with Crippen LogP contribution in [0.3, 0.4) is 0 Å². The summed E-state index contributed by atoms with van der Waals surface area (Å²) in [6.07, 6.45) is 0. The number of halogens is 2. The lowest BCUT2D eigenvalue weighted by atomic mass is 10.2. The van der Waals surface area contributed by atoms with Crippen molar-refractivity contribution in [3.63, 3.8) is 0 Å². The van der Waals surface area contributed by atoms with Crippen LogP contribution >= 0.6 is 28.3 Å². The number of phenols is 1. The monoisotopic (exact) mass is 309 g/mol. The van der Waals surface area contributed by atoms with E-state index in [2.05, 4.69) is 35.1 Å². The molecule has 0 aromatic heterocycles. The number of phenolic OH excluding ortho intramolecular Hbond substituents is 1. The summed E-state index contributed by atoms with van der Waals surface area (Å²) in [5.74, 6) is 0.635. The first kappa shape index (κ1) is 15.5. The predicted octanol–water partition coefficient (Wildman–Crippen LogP) is 3.08. The van der Waals surface area contributed by atoms with Gasteiger partial charge in [0.05, 0.1) is 11.6 Å². The van der Waals surface area contributed by atoms with E-state index in [4.69, 9.17) is 4.74 Å². The van der Waals surface area contributed by atoms with Crippen LogP contribution in [0.25, 0.3) is 0 Å². The lowest BCUT2D eigenvalue weighted by Crippen LogP contribution is -2.21. The third-order valence-corrected chi connectivity index (χ3v) is 2.63. The Balaban J connectivity index is 0.00000225. The van der Waals surface area contributed by atoms with Crippen molar-refractivity contribution in [3.05, 3.63) is 22.2 Å². The molecule has 0 fully saturated rings. The molecule has 0 aliphatic rings. The first-order chi connectivity index (χ1) is 7.04. The zero-order valence-electron chi connectivity index (χ0n) is 9.58. The summed E-state index contributed by atoms with van der Waals surface area (Å²) >= 11 is 3.29. The van der Waals surface area contributed by atoms with Gasteiger partial charge in [-0.3, -0.25) is 0 Å². The summed E-state index contributed by atoms with van der Waals surface area (Å²) in [5, 5.41) is 12.9. The molecular weight excluding hydrogens is 293 g/mol. The third-order valence-electron chi connectivity index (χ3n) is 2.02. The molecule has 1 aromatic rings. The van der Waals surface area contributed by atoms with E-state index in [1.165, 1.54) is 0 Å². The highest BCUT2D eigenvalue weighted by molar-refractivity contribution is 9.10. The lowest BCUT2D eigenvalue weighted by Gasteiger charge is -2.11. The maximum Gasteiger partial charge on any atom is 0.172 e. The van der Waals surface area contributed by atoms with Gasteiger partial charge in [0.2, 0.25) is 0 Å². The first-order valence-electron chi connectivity index (χ1n) is 4.83. The molecular formula is C11H17BrClNO2. The van der Waals surface area contributed by atoms with E-state index in [9.17, 15) is 5.11 Å². The van der Waals surface area contributed by atoms with Crippen LogP contribution in [0.15, 0.2) is 16.6 Å². The van der Waals surface area contributed by atoms with E-state index in [0.717, 1.165) is 12.1 Å². The summed E-state index contributed by atoms with van der Waals surface area (Å²) in [6.45, 7) is 4.94. The number of benzene rings is 1. The SMILES string of the molecule is COc1cc(CNC(C)C)cc(Br)c1O.Cl. The van der Waals surface area contributed by atoms with Crippen molar-refractivity contribution in [2.75, 3.05) is 7.11 Å². The second kappa shape index (κ2) is 6.99. The molecule has 0 aliphatic heterocycles. The molecule has 0 bridgehead atoms. The van der Waals surface area contributed by atoms with Crippen molar-refractivity contribution in [2.24, 2.45) is 0 Å². The standard InChI is InChI=1S/C11H16BrNO2.ClH/c1-7(2)13-6-8-4-9(12)11(14)10(5-8)15-3;/h4-5,7,13-14H,6H2,1-3H3;1H. The van der Waals surface area contributed by atoms with Gasteiger partial charge >= 0.3 is 0 Å². The molecule has 2 N–H and O–H groups in total. The van der Waals surface area contributed by atoms with Gasteiger partial charge in [-0.05, 0) is 33.6 Å². The second-order valence-corrected chi connectivity index (χ2v) is 4.52. The Bertz CT molecular complexity index is 345. The van der Waals surface area contributed by atoms with Crippen molar-refractivity contribution < 1.29 is 9.84 Å². The Morgan fingerprint density at radius 2 is 2.06 bits per heavy atom. The van der Waals surface area contributed by atoms with Crippen LogP contribution in [0.4, 0.5) is 0 Å². The van der Waals surface area contributed by atoms with E-state index in [1.54, 1.807) is 7.11 Å². The summed E-state index contributed by atoms with van der Waals surface area (Å²) in [6, 6.07) is 4.14.